The molecule has 1 atom stereocenters. The van der Waals surface area contributed by atoms with Gasteiger partial charge in [0.25, 0.3) is 0 Å². The molecular weight excluding hydrogens is 282 g/mol. The van der Waals surface area contributed by atoms with E-state index in [0.717, 1.165) is 0 Å². The minimum absolute atomic E-state index is 0. The summed E-state index contributed by atoms with van der Waals surface area (Å²) in [6.45, 7) is 0. The van der Waals surface area contributed by atoms with Crippen molar-refractivity contribution < 1.29 is 28.7 Å². The van der Waals surface area contributed by atoms with Crippen molar-refractivity contribution >= 4 is 14.5 Å². The zero-order valence-corrected chi connectivity index (χ0v) is 9.21. The van der Waals surface area contributed by atoms with Crippen LogP contribution in [0.2, 0.25) is 0 Å². The first-order valence-corrected chi connectivity index (χ1v) is 2.78. The van der Waals surface area contributed by atoms with Gasteiger partial charge >= 0.3 is 0 Å². The van der Waals surface area contributed by atoms with E-state index in [1.165, 1.54) is 5.30 Å². The van der Waals surface area contributed by atoms with Crippen molar-refractivity contribution in [3.8, 4) is 0 Å². The summed E-state index contributed by atoms with van der Waals surface area (Å²) in [4.78, 5) is 0. The summed E-state index contributed by atoms with van der Waals surface area (Å²) in [5.41, 5.74) is 0. The Kier molecular flexibility index (Phi) is 4.69. The summed E-state index contributed by atoms with van der Waals surface area (Å²) >= 11 is 0. The van der Waals surface area contributed by atoms with Crippen molar-refractivity contribution in [1.29, 1.82) is 0 Å². The van der Waals surface area contributed by atoms with E-state index in [-0.39, 0.29) is 28.7 Å². The maximum Gasteiger partial charge on any atom is 0 e. The van der Waals surface area contributed by atoms with E-state index in [0.29, 0.717) is 0 Å². The Labute approximate surface area is 73.6 Å². The predicted molar refractivity (Wildman–Crippen MR) is 38.0 cm³/mol. The third kappa shape index (κ3) is 2.74. The Morgan fingerprint density at radius 1 is 1.12 bits per heavy atom. The van der Waals surface area contributed by atoms with Gasteiger partial charge in [0.2, 0.25) is 0 Å². The van der Waals surface area contributed by atoms with Crippen molar-refractivity contribution in [2.45, 2.75) is 0 Å². The molecule has 8 heavy (non-hydrogen) atoms. The fraction of sp³-hybridized carbons (Fsp3) is 0. The van der Waals surface area contributed by atoms with Crippen LogP contribution in [0.3, 0.4) is 0 Å². The van der Waals surface area contributed by atoms with Crippen LogP contribution in [0.1, 0.15) is 2.85 Å². The van der Waals surface area contributed by atoms with Gasteiger partial charge in [-0.1, -0.05) is 30.3 Å². The second kappa shape index (κ2) is 4.40. The summed E-state index contributed by atoms with van der Waals surface area (Å²) < 4.78 is 0. The molecule has 0 amide bonds. The standard InChI is InChI=1S/C6H7P.Hf.2H/c7-6-4-2-1-3-5-6;;;/h1-5H,7H2;;;/q;;2*-1. The fourth-order valence-electron chi connectivity index (χ4n) is 0.453. The Morgan fingerprint density at radius 3 is 1.88 bits per heavy atom. The molecule has 1 rings (SSSR count). The second-order valence-corrected chi connectivity index (χ2v) is 2.08. The van der Waals surface area contributed by atoms with E-state index in [1.54, 1.807) is 0 Å². The maximum absolute atomic E-state index is 2.63. The Hall–Kier alpha value is 0.520. The molecule has 1 aromatic carbocycles. The van der Waals surface area contributed by atoms with Gasteiger partial charge < -0.3 is 2.85 Å². The predicted octanol–water partition coefficient (Wildman–Crippen LogP) is 1.41. The van der Waals surface area contributed by atoms with Gasteiger partial charge in [-0.05, 0) is 5.30 Å². The van der Waals surface area contributed by atoms with E-state index in [9.17, 15) is 0 Å². The van der Waals surface area contributed by atoms with Crippen molar-refractivity contribution in [3.63, 3.8) is 0 Å². The molecule has 0 bridgehead atoms. The van der Waals surface area contributed by atoms with Crippen LogP contribution in [0.15, 0.2) is 30.3 Å². The van der Waals surface area contributed by atoms with E-state index in [2.05, 4.69) is 9.24 Å². The van der Waals surface area contributed by atoms with Crippen molar-refractivity contribution in [2.75, 3.05) is 0 Å². The minimum atomic E-state index is 0. The molecule has 1 unspecified atom stereocenters. The molecule has 0 fully saturated rings. The number of benzene rings is 1. The van der Waals surface area contributed by atoms with E-state index in [4.69, 9.17) is 0 Å². The molecule has 0 saturated carbocycles. The van der Waals surface area contributed by atoms with Gasteiger partial charge in [-0.2, -0.15) is 0 Å². The van der Waals surface area contributed by atoms with Gasteiger partial charge in [0.05, 0.1) is 0 Å². The van der Waals surface area contributed by atoms with Gasteiger partial charge in [-0.25, -0.2) is 0 Å². The average Bonchev–Trinajstić information content (AvgIpc) is 1.69. The second-order valence-electron chi connectivity index (χ2n) is 1.41. The SMILES string of the molecule is Pc1ccccc1.[H-].[H-].[Hf]. The molecule has 2 heteroatoms. The van der Waals surface area contributed by atoms with Crippen LogP contribution in [0.4, 0.5) is 0 Å². The molecular formula is C6H9HfP-2. The van der Waals surface area contributed by atoms with Gasteiger partial charge in [0.15, 0.2) is 0 Å². The summed E-state index contributed by atoms with van der Waals surface area (Å²) in [7, 11) is 2.63. The monoisotopic (exact) mass is 292 g/mol. The maximum atomic E-state index is 2.63. The Balaban J connectivity index is -0.000000163. The van der Waals surface area contributed by atoms with Crippen LogP contribution < -0.4 is 5.30 Å². The van der Waals surface area contributed by atoms with Crippen LogP contribution in [-0.4, -0.2) is 0 Å². The first-order valence-electron chi connectivity index (χ1n) is 2.20. The van der Waals surface area contributed by atoms with Crippen molar-refractivity contribution in [2.24, 2.45) is 0 Å². The smallest absolute Gasteiger partial charge is 0 e. The van der Waals surface area contributed by atoms with Crippen LogP contribution in [0.5, 0.6) is 0 Å². The first-order chi connectivity index (χ1) is 3.39. The molecule has 0 saturated heterocycles. The third-order valence-electron chi connectivity index (χ3n) is 0.800. The molecule has 0 N–H and O–H groups in total. The molecule has 0 nitrogen and oxygen atoms in total. The summed E-state index contributed by atoms with van der Waals surface area (Å²) in [6, 6.07) is 10.1. The number of rotatable bonds is 0. The molecule has 0 radical (unpaired) electrons. The molecule has 0 heterocycles. The molecule has 0 spiro atoms. The fourth-order valence-corrected chi connectivity index (χ4v) is 0.675. The Bertz CT molecular complexity index is 146. The largest absolute Gasteiger partial charge is 1.00 e. The van der Waals surface area contributed by atoms with Gasteiger partial charge in [0.1, 0.15) is 0 Å². The number of hydrogen-bond donors (Lipinski definition) is 0. The van der Waals surface area contributed by atoms with Crippen LogP contribution in [0, 0.1) is 0 Å². The minimum Gasteiger partial charge on any atom is -1.00 e. The van der Waals surface area contributed by atoms with Crippen molar-refractivity contribution in [3.05, 3.63) is 30.3 Å². The van der Waals surface area contributed by atoms with Crippen LogP contribution in [0.25, 0.3) is 0 Å². The number of hydrogen-bond acceptors (Lipinski definition) is 0. The zero-order chi connectivity index (χ0) is 5.11. The van der Waals surface area contributed by atoms with E-state index < -0.39 is 0 Å². The van der Waals surface area contributed by atoms with E-state index >= 15 is 0 Å². The molecule has 0 aromatic heterocycles. The average molecular weight is 291 g/mol. The van der Waals surface area contributed by atoms with Crippen molar-refractivity contribution in [1.82, 2.24) is 0 Å². The van der Waals surface area contributed by atoms with Crippen LogP contribution >= 0.6 is 9.24 Å². The Morgan fingerprint density at radius 2 is 1.62 bits per heavy atom. The normalized spacial score (nSPS) is 7.62. The van der Waals surface area contributed by atoms with Crippen LogP contribution in [-0.2, 0) is 25.8 Å². The summed E-state index contributed by atoms with van der Waals surface area (Å²) in [5.74, 6) is 0. The summed E-state index contributed by atoms with van der Waals surface area (Å²) in [6.07, 6.45) is 0. The van der Waals surface area contributed by atoms with Gasteiger partial charge in [0, 0.05) is 25.8 Å². The van der Waals surface area contributed by atoms with Gasteiger partial charge in [-0.15, -0.1) is 9.24 Å². The molecule has 0 aliphatic heterocycles. The first kappa shape index (κ1) is 8.52. The summed E-state index contributed by atoms with van der Waals surface area (Å²) in [5, 5.41) is 1.24. The molecule has 1 aromatic rings. The molecule has 44 valence electrons. The topological polar surface area (TPSA) is 0 Å². The van der Waals surface area contributed by atoms with E-state index in [1.807, 2.05) is 30.3 Å². The quantitative estimate of drug-likeness (QED) is 0.501. The third-order valence-corrected chi connectivity index (χ3v) is 1.18. The molecule has 0 aliphatic carbocycles. The van der Waals surface area contributed by atoms with Gasteiger partial charge in [-0.3, -0.25) is 0 Å². The zero-order valence-electron chi connectivity index (χ0n) is 6.46. The molecule has 0 aliphatic rings.